The van der Waals surface area contributed by atoms with Crippen LogP contribution in [0.3, 0.4) is 0 Å². The molecule has 2 heterocycles. The van der Waals surface area contributed by atoms with E-state index in [0.29, 0.717) is 0 Å². The number of hydrogen-bond acceptors (Lipinski definition) is 14. The molecule has 1 amide bonds. The smallest absolute Gasteiger partial charge is 0.726 e. The van der Waals surface area contributed by atoms with E-state index < -0.39 is 90.2 Å². The van der Waals surface area contributed by atoms with Crippen LogP contribution in [0.1, 0.15) is 14.4 Å². The Balaban J connectivity index is 0.00000578. The van der Waals surface area contributed by atoms with Gasteiger partial charge < -0.3 is 54.0 Å². The minimum Gasteiger partial charge on any atom is -0.726 e. The number of aliphatic hydroxyl groups excluding tert-OH is 3. The van der Waals surface area contributed by atoms with E-state index in [9.17, 15) is 43.0 Å². The Morgan fingerprint density at radius 3 is 2.06 bits per heavy atom. The molecule has 4 unspecified atom stereocenters. The molecule has 0 radical (unpaired) electrons. The quantitative estimate of drug-likeness (QED) is 0.103. The standard InChI is InChI=1S/C16H27NO15S.CH4.Na/c1-5(19)17-7-11(10(32-33(24,25)26)6(4-18)29-15(7)28-3)30-16-9(21)8(20)12(27-2)13(31-16)14(22)23;;/h6-13,15-16,18,20-21H,4H2,1-3H3,(H,17,19)(H,22,23)(H,24,25,26);1H4;/q;;+1/p-1/t6?,7?,8-,9?,10+,11-,12+,13?,15-,16-;;/m1../s1. The number of carboxylic acids is 1. The summed E-state index contributed by atoms with van der Waals surface area (Å²) in [5.41, 5.74) is 0. The number of aliphatic hydroxyl groups is 3. The average molecular weight is 543 g/mol. The second-order valence-electron chi connectivity index (χ2n) is 7.20. The summed E-state index contributed by atoms with van der Waals surface area (Å²) in [6.45, 7) is 0.189. The maximum atomic E-state index is 11.7. The first-order valence-electron chi connectivity index (χ1n) is 9.47. The molecule has 2 rings (SSSR count). The van der Waals surface area contributed by atoms with Crippen LogP contribution in [0.25, 0.3) is 0 Å². The van der Waals surface area contributed by atoms with E-state index in [2.05, 4.69) is 9.50 Å². The molecule has 5 N–H and O–H groups in total. The Hall–Kier alpha value is -0.510. The van der Waals surface area contributed by atoms with Gasteiger partial charge in [-0.1, -0.05) is 7.43 Å². The molecule has 16 nitrogen and oxygen atoms in total. The van der Waals surface area contributed by atoms with E-state index in [-0.39, 0.29) is 37.0 Å². The molecular formula is C17H30NNaO15S. The molecule has 2 fully saturated rings. The zero-order chi connectivity index (χ0) is 25.1. The Morgan fingerprint density at radius 1 is 1.03 bits per heavy atom. The summed E-state index contributed by atoms with van der Waals surface area (Å²) in [4.78, 5) is 23.3. The fourth-order valence-electron chi connectivity index (χ4n) is 3.62. The number of rotatable bonds is 9. The second-order valence-corrected chi connectivity index (χ2v) is 8.21. The van der Waals surface area contributed by atoms with Crippen molar-refractivity contribution in [2.45, 2.75) is 75.7 Å². The number of carbonyl (C=O) groups is 2. The molecular weight excluding hydrogens is 513 g/mol. The molecule has 35 heavy (non-hydrogen) atoms. The summed E-state index contributed by atoms with van der Waals surface area (Å²) in [6, 6.07) is -1.40. The van der Waals surface area contributed by atoms with Crippen molar-refractivity contribution in [3.05, 3.63) is 0 Å². The SMILES string of the molecule is C.CO[C@@H]1OC(CO)[C@H](OS(=O)(=O)[O-])[C@H](O[C@@H]2OC(C(=O)O)[C@@H](OC)[C@H](O)C2O)C1NC(C)=O.[Na+]. The number of nitrogens with one attached hydrogen (secondary N) is 1. The number of carbonyl (C=O) groups excluding carboxylic acids is 1. The van der Waals surface area contributed by atoms with Gasteiger partial charge in [0.25, 0.3) is 0 Å². The van der Waals surface area contributed by atoms with Crippen LogP contribution in [0.4, 0.5) is 0 Å². The summed E-state index contributed by atoms with van der Waals surface area (Å²) in [5.74, 6) is -2.26. The monoisotopic (exact) mass is 543 g/mol. The van der Waals surface area contributed by atoms with Gasteiger partial charge in [0.1, 0.15) is 42.7 Å². The molecule has 2 aliphatic rings. The van der Waals surface area contributed by atoms with E-state index in [1.807, 2.05) is 0 Å². The Labute approximate surface area is 224 Å². The van der Waals surface area contributed by atoms with Crippen molar-refractivity contribution >= 4 is 22.3 Å². The third-order valence-electron chi connectivity index (χ3n) is 5.01. The zero-order valence-corrected chi connectivity index (χ0v) is 21.5. The van der Waals surface area contributed by atoms with Gasteiger partial charge in [-0.25, -0.2) is 13.2 Å². The van der Waals surface area contributed by atoms with E-state index >= 15 is 0 Å². The molecule has 0 saturated carbocycles. The van der Waals surface area contributed by atoms with Crippen molar-refractivity contribution in [3.8, 4) is 0 Å². The summed E-state index contributed by atoms with van der Waals surface area (Å²) >= 11 is 0. The van der Waals surface area contributed by atoms with E-state index in [1.54, 1.807) is 0 Å². The van der Waals surface area contributed by atoms with Crippen LogP contribution in [0.5, 0.6) is 0 Å². The molecule has 0 aromatic rings. The number of hydrogen-bond donors (Lipinski definition) is 5. The number of methoxy groups -OCH3 is 2. The van der Waals surface area contributed by atoms with E-state index in [1.165, 1.54) is 0 Å². The van der Waals surface area contributed by atoms with Crippen LogP contribution >= 0.6 is 0 Å². The van der Waals surface area contributed by atoms with Crippen molar-refractivity contribution in [3.63, 3.8) is 0 Å². The van der Waals surface area contributed by atoms with Gasteiger partial charge in [0.15, 0.2) is 18.7 Å². The molecule has 0 aliphatic carbocycles. The van der Waals surface area contributed by atoms with Crippen LogP contribution in [-0.4, -0.2) is 127 Å². The molecule has 10 atom stereocenters. The van der Waals surface area contributed by atoms with Crippen molar-refractivity contribution in [2.24, 2.45) is 0 Å². The molecule has 0 spiro atoms. The largest absolute Gasteiger partial charge is 1.00 e. The number of carboxylic acid groups (broad SMARTS) is 1. The van der Waals surface area contributed by atoms with Gasteiger partial charge in [-0.15, -0.1) is 0 Å². The fourth-order valence-corrected chi connectivity index (χ4v) is 4.13. The minimum absolute atomic E-state index is 0. The minimum atomic E-state index is -5.42. The first kappa shape index (κ1) is 34.5. The second kappa shape index (κ2) is 14.4. The number of amides is 1. The first-order valence-corrected chi connectivity index (χ1v) is 10.8. The van der Waals surface area contributed by atoms with Crippen LogP contribution < -0.4 is 34.9 Å². The van der Waals surface area contributed by atoms with Crippen LogP contribution in [0.15, 0.2) is 0 Å². The maximum absolute atomic E-state index is 11.7. The Bertz CT molecular complexity index is 800. The van der Waals surface area contributed by atoms with E-state index in [0.717, 1.165) is 21.1 Å². The van der Waals surface area contributed by atoms with Gasteiger partial charge in [0.05, 0.1) is 6.61 Å². The normalized spacial score (nSPS) is 37.5. The molecule has 0 bridgehead atoms. The molecule has 200 valence electrons. The third-order valence-corrected chi connectivity index (χ3v) is 5.47. The topological polar surface area (TPSA) is 240 Å². The Kier molecular flexibility index (Phi) is 14.2. The zero-order valence-electron chi connectivity index (χ0n) is 18.7. The predicted octanol–water partition coefficient (Wildman–Crippen LogP) is -6.73. The average Bonchev–Trinajstić information content (AvgIpc) is 2.71. The molecule has 2 saturated heterocycles. The molecule has 0 aromatic carbocycles. The van der Waals surface area contributed by atoms with Crippen molar-refractivity contribution in [2.75, 3.05) is 20.8 Å². The number of ether oxygens (including phenoxy) is 5. The summed E-state index contributed by atoms with van der Waals surface area (Å²) < 4.78 is 64.5. The van der Waals surface area contributed by atoms with Gasteiger partial charge in [0, 0.05) is 21.1 Å². The van der Waals surface area contributed by atoms with Crippen molar-refractivity contribution in [1.82, 2.24) is 5.32 Å². The van der Waals surface area contributed by atoms with Crippen LogP contribution in [0.2, 0.25) is 0 Å². The summed E-state index contributed by atoms with van der Waals surface area (Å²) in [5, 5.41) is 42.0. The van der Waals surface area contributed by atoms with Crippen molar-refractivity contribution < 1.29 is 100 Å². The molecule has 0 aromatic heterocycles. The van der Waals surface area contributed by atoms with Gasteiger partial charge >= 0.3 is 35.5 Å². The summed E-state index contributed by atoms with van der Waals surface area (Å²) in [7, 11) is -3.20. The third kappa shape index (κ3) is 8.50. The van der Waals surface area contributed by atoms with Crippen LogP contribution in [-0.2, 0) is 47.9 Å². The van der Waals surface area contributed by atoms with Crippen molar-refractivity contribution in [1.29, 1.82) is 0 Å². The van der Waals surface area contributed by atoms with Gasteiger partial charge in [-0.2, -0.15) is 0 Å². The molecule has 18 heteroatoms. The first-order chi connectivity index (χ1) is 15.3. The predicted molar refractivity (Wildman–Crippen MR) is 106 cm³/mol. The van der Waals surface area contributed by atoms with Gasteiger partial charge in [0.2, 0.25) is 16.3 Å². The number of aliphatic carboxylic acids is 1. The van der Waals surface area contributed by atoms with Gasteiger partial charge in [-0.05, 0) is 0 Å². The van der Waals surface area contributed by atoms with E-state index in [4.69, 9.17) is 23.7 Å². The summed E-state index contributed by atoms with van der Waals surface area (Å²) in [6.07, 6.45) is -15.6. The Morgan fingerprint density at radius 2 is 1.63 bits per heavy atom. The molecule has 2 aliphatic heterocycles. The van der Waals surface area contributed by atoms with Crippen LogP contribution in [0, 0.1) is 0 Å². The fraction of sp³-hybridized carbons (Fsp3) is 0.882. The maximum Gasteiger partial charge on any atom is 1.00 e. The van der Waals surface area contributed by atoms with Gasteiger partial charge in [-0.3, -0.25) is 8.98 Å².